The first-order valence-electron chi connectivity index (χ1n) is 12.2. The third kappa shape index (κ3) is 4.76. The van der Waals surface area contributed by atoms with Gasteiger partial charge in [-0.05, 0) is 42.8 Å². The Bertz CT molecular complexity index is 1230. The van der Waals surface area contributed by atoms with E-state index in [1.165, 1.54) is 5.69 Å². The van der Waals surface area contributed by atoms with Crippen molar-refractivity contribution in [3.63, 3.8) is 0 Å². The number of anilines is 1. The van der Waals surface area contributed by atoms with Crippen LogP contribution in [0, 0.1) is 0 Å². The van der Waals surface area contributed by atoms with Crippen LogP contribution >= 0.6 is 0 Å². The van der Waals surface area contributed by atoms with E-state index in [9.17, 15) is 0 Å². The highest BCUT2D eigenvalue weighted by Crippen LogP contribution is 2.27. The van der Waals surface area contributed by atoms with Gasteiger partial charge in [-0.2, -0.15) is 4.98 Å². The number of likely N-dealkylation sites (N-methyl/N-ethyl adjacent to an activating group) is 1. The van der Waals surface area contributed by atoms with E-state index in [-0.39, 0.29) is 0 Å². The number of guanidine groups is 1. The van der Waals surface area contributed by atoms with Gasteiger partial charge >= 0.3 is 0 Å². The molecule has 1 aromatic heterocycles. The summed E-state index contributed by atoms with van der Waals surface area (Å²) in [6, 6.07) is 8.64. The molecule has 3 aliphatic rings. The van der Waals surface area contributed by atoms with Gasteiger partial charge in [-0.1, -0.05) is 18.7 Å². The molecule has 0 saturated carbocycles. The molecule has 10 heteroatoms. The SMILES string of the molecule is C=C1C=C(C2=NCNC=C2)N=C(N2CCN(c3ccc(-c4noc(COC)n4)cc3)C[C@H]2CC)N1C. The van der Waals surface area contributed by atoms with Gasteiger partial charge in [0.25, 0.3) is 5.89 Å². The summed E-state index contributed by atoms with van der Waals surface area (Å²) >= 11 is 0. The average Bonchev–Trinajstić information content (AvgIpc) is 3.39. The van der Waals surface area contributed by atoms with Crippen LogP contribution in [-0.4, -0.2) is 78.1 Å². The summed E-state index contributed by atoms with van der Waals surface area (Å²) in [5.41, 5.74) is 4.74. The summed E-state index contributed by atoms with van der Waals surface area (Å²) in [7, 11) is 3.63. The lowest BCUT2D eigenvalue weighted by Gasteiger charge is -2.46. The number of rotatable bonds is 6. The average molecular weight is 489 g/mol. The van der Waals surface area contributed by atoms with E-state index in [1.54, 1.807) is 7.11 Å². The lowest BCUT2D eigenvalue weighted by atomic mass is 10.1. The van der Waals surface area contributed by atoms with Crippen LogP contribution in [0.15, 0.2) is 75.1 Å². The Morgan fingerprint density at radius 3 is 2.78 bits per heavy atom. The van der Waals surface area contributed by atoms with Gasteiger partial charge in [-0.3, -0.25) is 4.99 Å². The summed E-state index contributed by atoms with van der Waals surface area (Å²) in [5, 5.41) is 7.15. The van der Waals surface area contributed by atoms with Gasteiger partial charge in [0, 0.05) is 63.0 Å². The molecule has 1 aromatic carbocycles. The van der Waals surface area contributed by atoms with E-state index >= 15 is 0 Å². The summed E-state index contributed by atoms with van der Waals surface area (Å²) < 4.78 is 10.3. The largest absolute Gasteiger partial charge is 0.375 e. The molecule has 0 amide bonds. The fourth-order valence-electron chi connectivity index (χ4n) is 4.60. The standard InChI is InChI=1S/C26H32N8O2/c1-5-20-15-33(21-8-6-19(7-9-21)25-30-24(16-35-4)36-31-25)12-13-34(20)26-29-23(14-18(2)32(26)3)22-10-11-27-17-28-22/h6-11,14,20,27H,2,5,12-13,15-17H2,1,3-4H3/t20-/m1/s1. The van der Waals surface area contributed by atoms with E-state index in [4.69, 9.17) is 14.3 Å². The van der Waals surface area contributed by atoms with Gasteiger partial charge in [0.15, 0.2) is 0 Å². The van der Waals surface area contributed by atoms with Crippen molar-refractivity contribution in [3.05, 3.63) is 66.5 Å². The van der Waals surface area contributed by atoms with Crippen LogP contribution in [0.5, 0.6) is 0 Å². The highest BCUT2D eigenvalue weighted by atomic mass is 16.5. The molecule has 0 aliphatic carbocycles. The Morgan fingerprint density at radius 1 is 1.22 bits per heavy atom. The third-order valence-corrected chi connectivity index (χ3v) is 6.65. The van der Waals surface area contributed by atoms with Gasteiger partial charge in [-0.15, -0.1) is 0 Å². The number of hydrogen-bond acceptors (Lipinski definition) is 10. The summed E-state index contributed by atoms with van der Waals surface area (Å²) in [4.78, 5) is 20.9. The lowest BCUT2D eigenvalue weighted by Crippen LogP contribution is -2.58. The molecule has 188 valence electrons. The predicted octanol–water partition coefficient (Wildman–Crippen LogP) is 3.00. The first-order valence-corrected chi connectivity index (χ1v) is 12.2. The van der Waals surface area contributed by atoms with Gasteiger partial charge in [0.1, 0.15) is 13.3 Å². The number of nitrogens with one attached hydrogen (secondary N) is 1. The first kappa shape index (κ1) is 23.8. The number of piperazine rings is 1. The number of hydrogen-bond donors (Lipinski definition) is 1. The molecule has 0 spiro atoms. The molecule has 36 heavy (non-hydrogen) atoms. The Kier molecular flexibility index (Phi) is 6.86. The van der Waals surface area contributed by atoms with Crippen LogP contribution in [-0.2, 0) is 11.3 Å². The van der Waals surface area contributed by atoms with Crippen molar-refractivity contribution in [1.82, 2.24) is 25.3 Å². The molecule has 3 aliphatic heterocycles. The Balaban J connectivity index is 1.31. The molecule has 1 N–H and O–H groups in total. The number of benzene rings is 1. The first-order chi connectivity index (χ1) is 17.6. The molecule has 2 aromatic rings. The van der Waals surface area contributed by atoms with Crippen LogP contribution in [0.1, 0.15) is 19.2 Å². The van der Waals surface area contributed by atoms with E-state index in [0.29, 0.717) is 31.0 Å². The van der Waals surface area contributed by atoms with Gasteiger partial charge in [0.05, 0.1) is 11.4 Å². The van der Waals surface area contributed by atoms with E-state index in [1.807, 2.05) is 37.5 Å². The monoisotopic (exact) mass is 488 g/mol. The molecule has 5 rings (SSSR count). The Hall–Kier alpha value is -3.92. The number of aliphatic imine (C=N–C) groups is 2. The molecule has 1 fully saturated rings. The smallest absolute Gasteiger partial charge is 0.252 e. The van der Waals surface area contributed by atoms with Crippen LogP contribution in [0.25, 0.3) is 11.4 Å². The topological polar surface area (TPSA) is 94.6 Å². The second-order valence-corrected chi connectivity index (χ2v) is 8.92. The van der Waals surface area contributed by atoms with Crippen molar-refractivity contribution < 1.29 is 9.26 Å². The maximum Gasteiger partial charge on any atom is 0.252 e. The second kappa shape index (κ2) is 10.4. The summed E-state index contributed by atoms with van der Waals surface area (Å²) in [5.74, 6) is 1.97. The minimum atomic E-state index is 0.306. The van der Waals surface area contributed by atoms with Gasteiger partial charge in [-0.25, -0.2) is 4.99 Å². The minimum Gasteiger partial charge on any atom is -0.375 e. The highest BCUT2D eigenvalue weighted by Gasteiger charge is 2.32. The van der Waals surface area contributed by atoms with Crippen LogP contribution in [0.3, 0.4) is 0 Å². The summed E-state index contributed by atoms with van der Waals surface area (Å²) in [6.45, 7) is 10.0. The van der Waals surface area contributed by atoms with Crippen molar-refractivity contribution in [1.29, 1.82) is 0 Å². The fourth-order valence-corrected chi connectivity index (χ4v) is 4.60. The third-order valence-electron chi connectivity index (χ3n) is 6.65. The molecule has 1 atom stereocenters. The van der Waals surface area contributed by atoms with Crippen LogP contribution in [0.2, 0.25) is 0 Å². The van der Waals surface area contributed by atoms with Crippen LogP contribution in [0.4, 0.5) is 5.69 Å². The summed E-state index contributed by atoms with van der Waals surface area (Å²) in [6.07, 6.45) is 6.87. The van der Waals surface area contributed by atoms with E-state index in [0.717, 1.165) is 54.7 Å². The molecule has 4 heterocycles. The zero-order chi connectivity index (χ0) is 25.1. The van der Waals surface area contributed by atoms with Gasteiger partial charge in [0.2, 0.25) is 11.8 Å². The zero-order valence-corrected chi connectivity index (χ0v) is 21.0. The van der Waals surface area contributed by atoms with Gasteiger partial charge < -0.3 is 29.3 Å². The lowest BCUT2D eigenvalue weighted by molar-refractivity contribution is 0.151. The van der Waals surface area contributed by atoms with E-state index in [2.05, 4.69) is 60.8 Å². The Morgan fingerprint density at radius 2 is 2.06 bits per heavy atom. The normalized spacial score (nSPS) is 20.2. The molecule has 0 bridgehead atoms. The minimum absolute atomic E-state index is 0.306. The quantitative estimate of drug-likeness (QED) is 0.663. The fraction of sp³-hybridized carbons (Fsp3) is 0.385. The molecule has 0 radical (unpaired) electrons. The molecular weight excluding hydrogens is 456 g/mol. The Labute approximate surface area is 211 Å². The molecule has 0 unspecified atom stereocenters. The van der Waals surface area contributed by atoms with Crippen molar-refractivity contribution in [2.45, 2.75) is 26.0 Å². The number of allylic oxidation sites excluding steroid dienone is 2. The highest BCUT2D eigenvalue weighted by molar-refractivity contribution is 6.10. The number of aromatic nitrogens is 2. The van der Waals surface area contributed by atoms with Crippen molar-refractivity contribution in [2.75, 3.05) is 45.4 Å². The van der Waals surface area contributed by atoms with Crippen molar-refractivity contribution in [2.24, 2.45) is 9.98 Å². The number of methoxy groups -OCH3 is 1. The zero-order valence-electron chi connectivity index (χ0n) is 21.0. The maximum atomic E-state index is 5.22. The molecule has 1 saturated heterocycles. The van der Waals surface area contributed by atoms with Crippen molar-refractivity contribution in [3.8, 4) is 11.4 Å². The molecule has 10 nitrogen and oxygen atoms in total. The van der Waals surface area contributed by atoms with Crippen molar-refractivity contribution >= 4 is 17.4 Å². The number of nitrogens with zero attached hydrogens (tertiary/aromatic N) is 7. The number of ether oxygens (including phenoxy) is 1. The van der Waals surface area contributed by atoms with Crippen LogP contribution < -0.4 is 10.2 Å². The van der Waals surface area contributed by atoms with E-state index < -0.39 is 0 Å². The molecular formula is C26H32N8O2. The second-order valence-electron chi connectivity index (χ2n) is 8.92. The maximum absolute atomic E-state index is 5.22. The predicted molar refractivity (Wildman–Crippen MR) is 140 cm³/mol.